The predicted molar refractivity (Wildman–Crippen MR) is 107 cm³/mol. The van der Waals surface area contributed by atoms with E-state index in [0.29, 0.717) is 13.1 Å². The first-order valence-electron chi connectivity index (χ1n) is 9.26. The third-order valence-corrected chi connectivity index (χ3v) is 5.88. The van der Waals surface area contributed by atoms with E-state index in [2.05, 4.69) is 5.10 Å². The van der Waals surface area contributed by atoms with Crippen LogP contribution in [0, 0.1) is 5.82 Å². The molecule has 2 aromatic heterocycles. The van der Waals surface area contributed by atoms with Gasteiger partial charge in [0.1, 0.15) is 11.5 Å². The van der Waals surface area contributed by atoms with Crippen molar-refractivity contribution in [3.05, 3.63) is 75.6 Å². The van der Waals surface area contributed by atoms with E-state index in [4.69, 9.17) is 0 Å². The van der Waals surface area contributed by atoms with Crippen LogP contribution in [0.3, 0.4) is 0 Å². The maximum atomic E-state index is 13.1. The van der Waals surface area contributed by atoms with E-state index in [1.807, 2.05) is 22.4 Å². The van der Waals surface area contributed by atoms with E-state index in [1.54, 1.807) is 29.5 Å². The first-order chi connectivity index (χ1) is 13.6. The average molecular weight is 397 g/mol. The van der Waals surface area contributed by atoms with Gasteiger partial charge in [-0.25, -0.2) is 9.07 Å². The highest BCUT2D eigenvalue weighted by Crippen LogP contribution is 2.23. The Morgan fingerprint density at radius 2 is 2.00 bits per heavy atom. The number of rotatable bonds is 5. The number of thiophene rings is 1. The number of amides is 1. The van der Waals surface area contributed by atoms with E-state index in [-0.39, 0.29) is 29.7 Å². The minimum absolute atomic E-state index is 0.00318. The number of halogens is 1. The minimum atomic E-state index is -0.314. The lowest BCUT2D eigenvalue weighted by Crippen LogP contribution is -2.41. The lowest BCUT2D eigenvalue weighted by atomic mass is 10.1. The standard InChI is InChI=1S/C21H20FN3O2S/c22-16-7-5-15(6-8-16)13-21(27)24-11-1-3-17(24)14-25-20(26)10-9-18(23-25)19-4-2-12-28-19/h2,4-10,12,17H,1,3,11,13-14H2/t17-/m1/s1. The highest BCUT2D eigenvalue weighted by molar-refractivity contribution is 7.13. The molecule has 0 aliphatic carbocycles. The Morgan fingerprint density at radius 3 is 2.75 bits per heavy atom. The van der Waals surface area contributed by atoms with Gasteiger partial charge in [0.15, 0.2) is 0 Å². The Labute approximate surface area is 166 Å². The molecule has 3 heterocycles. The van der Waals surface area contributed by atoms with Crippen molar-refractivity contribution < 1.29 is 9.18 Å². The second-order valence-corrected chi connectivity index (χ2v) is 7.85. The Hall–Kier alpha value is -2.80. The molecule has 4 rings (SSSR count). The van der Waals surface area contributed by atoms with Gasteiger partial charge in [0.2, 0.25) is 5.91 Å². The quantitative estimate of drug-likeness (QED) is 0.664. The van der Waals surface area contributed by atoms with Crippen molar-refractivity contribution in [3.8, 4) is 10.6 Å². The largest absolute Gasteiger partial charge is 0.338 e. The summed E-state index contributed by atoms with van der Waals surface area (Å²) in [5.41, 5.74) is 1.38. The van der Waals surface area contributed by atoms with Crippen molar-refractivity contribution in [2.75, 3.05) is 6.54 Å². The number of carbonyl (C=O) groups is 1. The highest BCUT2D eigenvalue weighted by atomic mass is 32.1. The van der Waals surface area contributed by atoms with Crippen molar-refractivity contribution in [2.45, 2.75) is 31.8 Å². The molecule has 0 unspecified atom stereocenters. The molecule has 1 fully saturated rings. The summed E-state index contributed by atoms with van der Waals surface area (Å²) in [6.45, 7) is 1.05. The van der Waals surface area contributed by atoms with E-state index < -0.39 is 0 Å². The van der Waals surface area contributed by atoms with E-state index in [9.17, 15) is 14.0 Å². The van der Waals surface area contributed by atoms with Gasteiger partial charge in [0.25, 0.3) is 5.56 Å². The molecule has 1 aliphatic heterocycles. The molecule has 0 spiro atoms. The zero-order chi connectivity index (χ0) is 19.5. The van der Waals surface area contributed by atoms with Crippen molar-refractivity contribution in [1.29, 1.82) is 0 Å². The number of aromatic nitrogens is 2. The van der Waals surface area contributed by atoms with E-state index in [0.717, 1.165) is 29.0 Å². The Morgan fingerprint density at radius 1 is 1.18 bits per heavy atom. The smallest absolute Gasteiger partial charge is 0.266 e. The van der Waals surface area contributed by atoms with Crippen LogP contribution in [0.2, 0.25) is 0 Å². The van der Waals surface area contributed by atoms with Gasteiger partial charge in [-0.2, -0.15) is 5.10 Å². The summed E-state index contributed by atoms with van der Waals surface area (Å²) < 4.78 is 14.5. The molecule has 5 nitrogen and oxygen atoms in total. The molecule has 144 valence electrons. The van der Waals surface area contributed by atoms with Crippen molar-refractivity contribution in [2.24, 2.45) is 0 Å². The van der Waals surface area contributed by atoms with Gasteiger partial charge in [-0.3, -0.25) is 9.59 Å². The van der Waals surface area contributed by atoms with Crippen molar-refractivity contribution in [1.82, 2.24) is 14.7 Å². The molecule has 1 atom stereocenters. The van der Waals surface area contributed by atoms with Crippen molar-refractivity contribution >= 4 is 17.2 Å². The molecule has 1 aromatic carbocycles. The van der Waals surface area contributed by atoms with Gasteiger partial charge in [0.05, 0.1) is 23.9 Å². The van der Waals surface area contributed by atoms with Crippen LogP contribution in [0.1, 0.15) is 18.4 Å². The summed E-state index contributed by atoms with van der Waals surface area (Å²) in [7, 11) is 0. The normalized spacial score (nSPS) is 16.5. The Kier molecular flexibility index (Phi) is 5.34. The molecule has 3 aromatic rings. The van der Waals surface area contributed by atoms with Crippen LogP contribution >= 0.6 is 11.3 Å². The number of likely N-dealkylation sites (tertiary alicyclic amines) is 1. The maximum absolute atomic E-state index is 13.1. The van der Waals surface area contributed by atoms with Crippen LogP contribution in [-0.2, 0) is 17.8 Å². The van der Waals surface area contributed by atoms with Gasteiger partial charge < -0.3 is 4.90 Å². The molecule has 1 saturated heterocycles. The first kappa shape index (κ1) is 18.6. The van der Waals surface area contributed by atoms with E-state index in [1.165, 1.54) is 22.9 Å². The SMILES string of the molecule is O=C(Cc1ccc(F)cc1)N1CCC[C@@H]1Cn1nc(-c2cccs2)ccc1=O. The molecule has 28 heavy (non-hydrogen) atoms. The molecule has 7 heteroatoms. The topological polar surface area (TPSA) is 55.2 Å². The fourth-order valence-corrected chi connectivity index (χ4v) is 4.26. The van der Waals surface area contributed by atoms with Gasteiger partial charge >= 0.3 is 0 Å². The minimum Gasteiger partial charge on any atom is -0.338 e. The zero-order valence-electron chi connectivity index (χ0n) is 15.3. The zero-order valence-corrected chi connectivity index (χ0v) is 16.1. The first-order valence-corrected chi connectivity index (χ1v) is 10.1. The van der Waals surface area contributed by atoms with Gasteiger partial charge in [0, 0.05) is 12.6 Å². The molecular weight excluding hydrogens is 377 g/mol. The van der Waals surface area contributed by atoms with Gasteiger partial charge in [-0.1, -0.05) is 18.2 Å². The molecule has 0 bridgehead atoms. The Bertz CT molecular complexity index is 1010. The molecule has 0 N–H and O–H groups in total. The van der Waals surface area contributed by atoms with E-state index >= 15 is 0 Å². The Balaban J connectivity index is 1.49. The van der Waals surface area contributed by atoms with Crippen LogP contribution < -0.4 is 5.56 Å². The number of hydrogen-bond acceptors (Lipinski definition) is 4. The highest BCUT2D eigenvalue weighted by Gasteiger charge is 2.29. The van der Waals surface area contributed by atoms with Gasteiger partial charge in [-0.05, 0) is 48.1 Å². The molecule has 0 saturated carbocycles. The molecular formula is C21H20FN3O2S. The monoisotopic (exact) mass is 397 g/mol. The fraction of sp³-hybridized carbons (Fsp3) is 0.286. The number of nitrogens with zero attached hydrogens (tertiary/aromatic N) is 3. The third kappa shape index (κ3) is 4.04. The maximum Gasteiger partial charge on any atom is 0.266 e. The number of hydrogen-bond donors (Lipinski definition) is 0. The lowest BCUT2D eigenvalue weighted by molar-refractivity contribution is -0.131. The number of benzene rings is 1. The van der Waals surface area contributed by atoms with Crippen LogP contribution in [0.4, 0.5) is 4.39 Å². The summed E-state index contributed by atoms with van der Waals surface area (Å²) in [4.78, 5) is 27.9. The molecule has 1 aliphatic rings. The van der Waals surface area contributed by atoms with Crippen LogP contribution in [0.15, 0.2) is 58.7 Å². The lowest BCUT2D eigenvalue weighted by Gasteiger charge is -2.25. The summed E-state index contributed by atoms with van der Waals surface area (Å²) >= 11 is 1.57. The van der Waals surface area contributed by atoms with Crippen LogP contribution in [-0.4, -0.2) is 33.2 Å². The fourth-order valence-electron chi connectivity index (χ4n) is 3.57. The number of carbonyl (C=O) groups excluding carboxylic acids is 1. The second-order valence-electron chi connectivity index (χ2n) is 6.90. The van der Waals surface area contributed by atoms with Crippen LogP contribution in [0.5, 0.6) is 0 Å². The van der Waals surface area contributed by atoms with Crippen molar-refractivity contribution in [3.63, 3.8) is 0 Å². The summed E-state index contributed by atoms with van der Waals surface area (Å²) in [6.07, 6.45) is 1.97. The molecule has 0 radical (unpaired) electrons. The summed E-state index contributed by atoms with van der Waals surface area (Å²) in [5, 5.41) is 6.47. The third-order valence-electron chi connectivity index (χ3n) is 4.99. The summed E-state index contributed by atoms with van der Waals surface area (Å²) in [5.74, 6) is -0.317. The molecule has 1 amide bonds. The van der Waals surface area contributed by atoms with Gasteiger partial charge in [-0.15, -0.1) is 11.3 Å². The second kappa shape index (κ2) is 8.06. The summed E-state index contributed by atoms with van der Waals surface area (Å²) in [6, 6.07) is 13.1. The predicted octanol–water partition coefficient (Wildman–Crippen LogP) is 3.34. The van der Waals surface area contributed by atoms with Crippen LogP contribution in [0.25, 0.3) is 10.6 Å². The average Bonchev–Trinajstić information content (AvgIpc) is 3.37.